The number of anilines is 1. The third-order valence-electron chi connectivity index (χ3n) is 6.69. The van der Waals surface area contributed by atoms with Crippen molar-refractivity contribution in [3.8, 4) is 17.0 Å². The van der Waals surface area contributed by atoms with E-state index >= 15 is 4.39 Å². The maximum absolute atomic E-state index is 15.2. The van der Waals surface area contributed by atoms with Gasteiger partial charge in [-0.25, -0.2) is 23.1 Å². The number of ether oxygens (including phenoxy) is 1. The Morgan fingerprint density at radius 1 is 1.11 bits per heavy atom. The third-order valence-corrected chi connectivity index (χ3v) is 6.69. The predicted octanol–water partition coefficient (Wildman–Crippen LogP) is 5.44. The first-order valence-electron chi connectivity index (χ1n) is 12.6. The van der Waals surface area contributed by atoms with E-state index in [0.29, 0.717) is 41.9 Å². The molecule has 3 heterocycles. The standard InChI is InChI=1S/C29H29F3N4O2/c1-16(2)36-15-29(3,4)38-28-22(31)11-19(12-24(28)36)27-23(32)14-34-25(35-27)10-17-5-6-20(21(30)9-17)18-7-8-33-26(37)13-18/h5-6,9,11-14,16H,7-8,10,15H2,1-4H3,(H,33,37). The molecule has 0 spiro atoms. The number of hydrogen-bond donors (Lipinski definition) is 1. The SMILES string of the molecule is CC(C)N1CC(C)(C)Oc2c(F)cc(-c3nc(Cc4ccc(C5=CC(=O)NCC5)c(F)c4)ncc3F)cc21. The molecule has 2 aromatic carbocycles. The summed E-state index contributed by atoms with van der Waals surface area (Å²) in [5.74, 6) is -1.59. The highest BCUT2D eigenvalue weighted by Crippen LogP contribution is 2.42. The van der Waals surface area contributed by atoms with E-state index in [1.165, 1.54) is 18.2 Å². The average molecular weight is 523 g/mol. The molecule has 198 valence electrons. The summed E-state index contributed by atoms with van der Waals surface area (Å²) in [5, 5.41) is 2.68. The van der Waals surface area contributed by atoms with Gasteiger partial charge in [0.1, 0.15) is 22.9 Å². The van der Waals surface area contributed by atoms with Gasteiger partial charge in [0.2, 0.25) is 5.91 Å². The van der Waals surface area contributed by atoms with E-state index in [2.05, 4.69) is 15.3 Å². The van der Waals surface area contributed by atoms with Crippen molar-refractivity contribution in [1.29, 1.82) is 0 Å². The molecule has 0 unspecified atom stereocenters. The number of fused-ring (bicyclic) bond motifs is 1. The lowest BCUT2D eigenvalue weighted by atomic mass is 9.97. The van der Waals surface area contributed by atoms with Gasteiger partial charge < -0.3 is 15.0 Å². The summed E-state index contributed by atoms with van der Waals surface area (Å²) < 4.78 is 51.0. The first-order chi connectivity index (χ1) is 18.0. The fourth-order valence-electron chi connectivity index (χ4n) is 4.91. The summed E-state index contributed by atoms with van der Waals surface area (Å²) in [6.07, 6.45) is 3.14. The molecule has 1 aromatic heterocycles. The first kappa shape index (κ1) is 25.8. The Morgan fingerprint density at radius 3 is 2.61 bits per heavy atom. The van der Waals surface area contributed by atoms with Crippen LogP contribution in [0.4, 0.5) is 18.9 Å². The number of carbonyl (C=O) groups is 1. The average Bonchev–Trinajstić information content (AvgIpc) is 2.85. The normalized spacial score (nSPS) is 16.6. The molecule has 3 aromatic rings. The van der Waals surface area contributed by atoms with Crippen LogP contribution in [0.3, 0.4) is 0 Å². The molecule has 0 bridgehead atoms. The topological polar surface area (TPSA) is 67.3 Å². The molecule has 1 amide bonds. The predicted molar refractivity (Wildman–Crippen MR) is 139 cm³/mol. The van der Waals surface area contributed by atoms with Gasteiger partial charge in [0, 0.05) is 36.2 Å². The second kappa shape index (κ2) is 9.78. The maximum Gasteiger partial charge on any atom is 0.244 e. The number of nitrogens with one attached hydrogen (secondary N) is 1. The van der Waals surface area contributed by atoms with E-state index in [4.69, 9.17) is 4.74 Å². The van der Waals surface area contributed by atoms with Crippen LogP contribution in [0.5, 0.6) is 5.75 Å². The smallest absolute Gasteiger partial charge is 0.244 e. The number of amides is 1. The Bertz CT molecular complexity index is 1450. The van der Waals surface area contributed by atoms with E-state index < -0.39 is 23.1 Å². The van der Waals surface area contributed by atoms with Crippen LogP contribution < -0.4 is 15.0 Å². The van der Waals surface area contributed by atoms with Crippen molar-refractivity contribution < 1.29 is 22.7 Å². The molecule has 0 fully saturated rings. The van der Waals surface area contributed by atoms with Gasteiger partial charge in [0.25, 0.3) is 0 Å². The summed E-state index contributed by atoms with van der Waals surface area (Å²) in [6, 6.07) is 7.69. The van der Waals surface area contributed by atoms with Crippen molar-refractivity contribution in [3.05, 3.63) is 77.0 Å². The van der Waals surface area contributed by atoms with E-state index in [9.17, 15) is 13.6 Å². The van der Waals surface area contributed by atoms with Crippen molar-refractivity contribution in [2.75, 3.05) is 18.0 Å². The van der Waals surface area contributed by atoms with Crippen LogP contribution in [0.25, 0.3) is 16.8 Å². The second-order valence-electron chi connectivity index (χ2n) is 10.6. The van der Waals surface area contributed by atoms with Crippen molar-refractivity contribution in [2.45, 2.75) is 52.2 Å². The van der Waals surface area contributed by atoms with Crippen LogP contribution in [-0.4, -0.2) is 40.6 Å². The molecule has 0 aliphatic carbocycles. The number of nitrogens with zero attached hydrogens (tertiary/aromatic N) is 3. The van der Waals surface area contributed by atoms with Crippen molar-refractivity contribution in [3.63, 3.8) is 0 Å². The molecule has 38 heavy (non-hydrogen) atoms. The highest BCUT2D eigenvalue weighted by Gasteiger charge is 2.35. The summed E-state index contributed by atoms with van der Waals surface area (Å²) in [5.41, 5.74) is 1.77. The lowest BCUT2D eigenvalue weighted by Crippen LogP contribution is -2.49. The molecule has 9 heteroatoms. The minimum atomic E-state index is -0.690. The van der Waals surface area contributed by atoms with Gasteiger partial charge in [0.05, 0.1) is 18.4 Å². The molecule has 5 rings (SSSR count). The summed E-state index contributed by atoms with van der Waals surface area (Å²) in [4.78, 5) is 22.1. The molecule has 0 saturated heterocycles. The van der Waals surface area contributed by atoms with Crippen LogP contribution >= 0.6 is 0 Å². The van der Waals surface area contributed by atoms with E-state index in [0.717, 1.165) is 6.20 Å². The molecule has 0 atom stereocenters. The van der Waals surface area contributed by atoms with Crippen molar-refractivity contribution in [1.82, 2.24) is 15.3 Å². The van der Waals surface area contributed by atoms with Gasteiger partial charge in [-0.05, 0) is 63.5 Å². The van der Waals surface area contributed by atoms with E-state index in [1.807, 2.05) is 32.6 Å². The zero-order valence-corrected chi connectivity index (χ0v) is 21.7. The second-order valence-corrected chi connectivity index (χ2v) is 10.6. The van der Waals surface area contributed by atoms with Gasteiger partial charge in [0.15, 0.2) is 17.4 Å². The lowest BCUT2D eigenvalue weighted by molar-refractivity contribution is -0.116. The quantitative estimate of drug-likeness (QED) is 0.483. The zero-order valence-electron chi connectivity index (χ0n) is 21.7. The summed E-state index contributed by atoms with van der Waals surface area (Å²) >= 11 is 0. The van der Waals surface area contributed by atoms with Crippen molar-refractivity contribution >= 4 is 17.2 Å². The van der Waals surface area contributed by atoms with E-state index in [-0.39, 0.29) is 41.2 Å². The number of carbonyl (C=O) groups excluding carboxylic acids is 1. The molecule has 6 nitrogen and oxygen atoms in total. The van der Waals surface area contributed by atoms with Gasteiger partial charge in [-0.2, -0.15) is 0 Å². The fraction of sp³-hybridized carbons (Fsp3) is 0.345. The largest absolute Gasteiger partial charge is 0.481 e. The van der Waals surface area contributed by atoms with Crippen LogP contribution in [0.15, 0.2) is 42.6 Å². The molecule has 1 N–H and O–H groups in total. The Morgan fingerprint density at radius 2 is 1.89 bits per heavy atom. The van der Waals surface area contributed by atoms with Crippen LogP contribution in [0, 0.1) is 17.5 Å². The van der Waals surface area contributed by atoms with Gasteiger partial charge in [-0.3, -0.25) is 4.79 Å². The summed E-state index contributed by atoms with van der Waals surface area (Å²) in [6.45, 7) is 8.80. The minimum Gasteiger partial charge on any atom is -0.481 e. The number of halogens is 3. The Kier molecular flexibility index (Phi) is 6.63. The molecule has 0 radical (unpaired) electrons. The number of aromatic nitrogens is 2. The Labute approximate surface area is 219 Å². The molecule has 2 aliphatic heterocycles. The molecular weight excluding hydrogens is 493 g/mol. The highest BCUT2D eigenvalue weighted by molar-refractivity contribution is 5.97. The van der Waals surface area contributed by atoms with Crippen LogP contribution in [0.2, 0.25) is 0 Å². The molecule has 0 saturated carbocycles. The number of hydrogen-bond acceptors (Lipinski definition) is 5. The number of rotatable bonds is 5. The lowest BCUT2D eigenvalue weighted by Gasteiger charge is -2.43. The molecule has 2 aliphatic rings. The molecular formula is C29H29F3N4O2. The maximum atomic E-state index is 15.2. The Hall–Kier alpha value is -3.88. The number of benzene rings is 2. The van der Waals surface area contributed by atoms with Crippen molar-refractivity contribution in [2.24, 2.45) is 0 Å². The van der Waals surface area contributed by atoms with Gasteiger partial charge >= 0.3 is 0 Å². The fourth-order valence-corrected chi connectivity index (χ4v) is 4.91. The van der Waals surface area contributed by atoms with E-state index in [1.54, 1.807) is 18.2 Å². The van der Waals surface area contributed by atoms with Gasteiger partial charge in [-0.15, -0.1) is 0 Å². The summed E-state index contributed by atoms with van der Waals surface area (Å²) in [7, 11) is 0. The first-order valence-corrected chi connectivity index (χ1v) is 12.6. The third kappa shape index (κ3) is 5.10. The van der Waals surface area contributed by atoms with Crippen LogP contribution in [-0.2, 0) is 11.2 Å². The monoisotopic (exact) mass is 522 g/mol. The van der Waals surface area contributed by atoms with Gasteiger partial charge in [-0.1, -0.05) is 12.1 Å². The van der Waals surface area contributed by atoms with Crippen LogP contribution in [0.1, 0.15) is 51.1 Å². The Balaban J connectivity index is 1.46. The minimum absolute atomic E-state index is 0.0410. The highest BCUT2D eigenvalue weighted by atomic mass is 19.1. The zero-order chi connectivity index (χ0) is 27.2.